The van der Waals surface area contributed by atoms with Crippen LogP contribution in [0.5, 0.6) is 0 Å². The molecule has 2 heterocycles. The van der Waals surface area contributed by atoms with E-state index in [4.69, 9.17) is 5.11 Å². The van der Waals surface area contributed by atoms with Crippen LogP contribution in [0.2, 0.25) is 0 Å². The predicted octanol–water partition coefficient (Wildman–Crippen LogP) is -0.700. The lowest BCUT2D eigenvalue weighted by molar-refractivity contribution is 0.0904. The summed E-state index contributed by atoms with van der Waals surface area (Å²) in [7, 11) is 0. The summed E-state index contributed by atoms with van der Waals surface area (Å²) in [6.07, 6.45) is 2.21. The molecule has 0 bridgehead atoms. The van der Waals surface area contributed by atoms with E-state index in [9.17, 15) is 0 Å². The largest absolute Gasteiger partial charge is 0.395 e. The number of thioether (sulfide) groups is 1. The van der Waals surface area contributed by atoms with Crippen LogP contribution in [0.25, 0.3) is 0 Å². The monoisotopic (exact) mass is 245 g/mol. The molecule has 4 nitrogen and oxygen atoms in total. The lowest BCUT2D eigenvalue weighted by Crippen LogP contribution is -2.53. The third kappa shape index (κ3) is 2.90. The molecule has 2 unspecified atom stereocenters. The Bertz CT molecular complexity index is 209. The van der Waals surface area contributed by atoms with Gasteiger partial charge in [-0.2, -0.15) is 11.8 Å². The Morgan fingerprint density at radius 1 is 1.25 bits per heavy atom. The van der Waals surface area contributed by atoms with Gasteiger partial charge in [0.2, 0.25) is 0 Å². The highest BCUT2D eigenvalue weighted by Gasteiger charge is 2.32. The van der Waals surface area contributed by atoms with Crippen LogP contribution in [-0.2, 0) is 0 Å². The number of β-amino-alcohol motifs (C(OH)–C–C–N with tert-alkyl or cyclic N) is 1. The van der Waals surface area contributed by atoms with Gasteiger partial charge in [-0.3, -0.25) is 9.80 Å². The molecular weight excluding hydrogens is 222 g/mol. The van der Waals surface area contributed by atoms with Crippen molar-refractivity contribution in [2.24, 2.45) is 0 Å². The van der Waals surface area contributed by atoms with Gasteiger partial charge >= 0.3 is 0 Å². The average Bonchev–Trinajstić information content (AvgIpc) is 2.78. The van der Waals surface area contributed by atoms with E-state index in [2.05, 4.69) is 21.4 Å². The van der Waals surface area contributed by atoms with E-state index in [1.165, 1.54) is 0 Å². The lowest BCUT2D eigenvalue weighted by Gasteiger charge is -2.39. The molecule has 0 spiro atoms. The van der Waals surface area contributed by atoms with Crippen LogP contribution in [0.15, 0.2) is 0 Å². The Hall–Kier alpha value is 0.190. The number of rotatable bonds is 4. The van der Waals surface area contributed by atoms with Crippen molar-refractivity contribution >= 4 is 11.8 Å². The maximum atomic E-state index is 8.91. The maximum Gasteiger partial charge on any atom is 0.0558 e. The molecule has 0 aromatic heterocycles. The highest BCUT2D eigenvalue weighted by atomic mass is 32.2. The highest BCUT2D eigenvalue weighted by Crippen LogP contribution is 2.21. The fraction of sp³-hybridized carbons (Fsp3) is 1.00. The van der Waals surface area contributed by atoms with Gasteiger partial charge in [-0.15, -0.1) is 0 Å². The van der Waals surface area contributed by atoms with E-state index in [1.807, 2.05) is 11.8 Å². The number of nitrogens with zero attached hydrogens (tertiary/aromatic N) is 2. The van der Waals surface area contributed by atoms with Crippen LogP contribution >= 0.6 is 11.8 Å². The molecule has 0 aromatic rings. The number of aliphatic hydroxyl groups excluding tert-OH is 1. The van der Waals surface area contributed by atoms with Crippen LogP contribution in [0.3, 0.4) is 0 Å². The zero-order valence-electron chi connectivity index (χ0n) is 10.1. The van der Waals surface area contributed by atoms with E-state index >= 15 is 0 Å². The molecule has 94 valence electrons. The predicted molar refractivity (Wildman–Crippen MR) is 69.1 cm³/mol. The number of aliphatic hydroxyl groups is 1. The van der Waals surface area contributed by atoms with Crippen molar-refractivity contribution in [2.45, 2.75) is 11.3 Å². The minimum Gasteiger partial charge on any atom is -0.395 e. The third-order valence-corrected chi connectivity index (χ3v) is 4.81. The Morgan fingerprint density at radius 2 is 2.00 bits per heavy atom. The quantitative estimate of drug-likeness (QED) is 0.685. The number of hydrogen-bond donors (Lipinski definition) is 2. The van der Waals surface area contributed by atoms with Crippen molar-refractivity contribution in [3.8, 4) is 0 Å². The van der Waals surface area contributed by atoms with Crippen LogP contribution in [-0.4, -0.2) is 84.9 Å². The first-order valence-electron chi connectivity index (χ1n) is 6.16. The van der Waals surface area contributed by atoms with Gasteiger partial charge in [-0.1, -0.05) is 0 Å². The van der Waals surface area contributed by atoms with Gasteiger partial charge < -0.3 is 10.4 Å². The molecule has 5 heteroatoms. The van der Waals surface area contributed by atoms with Gasteiger partial charge in [0.25, 0.3) is 0 Å². The molecule has 2 saturated heterocycles. The highest BCUT2D eigenvalue weighted by molar-refractivity contribution is 7.99. The molecule has 2 N–H and O–H groups in total. The Labute approximate surface area is 102 Å². The van der Waals surface area contributed by atoms with Gasteiger partial charge in [0, 0.05) is 57.1 Å². The van der Waals surface area contributed by atoms with E-state index < -0.39 is 0 Å². The van der Waals surface area contributed by atoms with Crippen LogP contribution in [0.4, 0.5) is 0 Å². The van der Waals surface area contributed by atoms with Gasteiger partial charge in [0.1, 0.15) is 0 Å². The molecule has 16 heavy (non-hydrogen) atoms. The molecule has 0 radical (unpaired) electrons. The summed E-state index contributed by atoms with van der Waals surface area (Å²) >= 11 is 1.99. The summed E-state index contributed by atoms with van der Waals surface area (Å²) in [4.78, 5) is 4.97. The number of hydrogen-bond acceptors (Lipinski definition) is 5. The zero-order chi connectivity index (χ0) is 11.4. The second-order valence-corrected chi connectivity index (χ2v) is 5.68. The molecule has 2 aliphatic heterocycles. The Kier molecular flexibility index (Phi) is 4.91. The van der Waals surface area contributed by atoms with Crippen molar-refractivity contribution in [1.82, 2.24) is 15.1 Å². The van der Waals surface area contributed by atoms with Crippen LogP contribution < -0.4 is 5.32 Å². The molecule has 2 aliphatic rings. The van der Waals surface area contributed by atoms with Crippen LogP contribution in [0, 0.1) is 0 Å². The smallest absolute Gasteiger partial charge is 0.0558 e. The Morgan fingerprint density at radius 3 is 2.62 bits per heavy atom. The van der Waals surface area contributed by atoms with Crippen molar-refractivity contribution in [3.05, 3.63) is 0 Å². The van der Waals surface area contributed by atoms with E-state index in [1.54, 1.807) is 0 Å². The van der Waals surface area contributed by atoms with E-state index in [0.29, 0.717) is 12.6 Å². The molecular formula is C11H23N3OS. The molecule has 2 atom stereocenters. The van der Waals surface area contributed by atoms with Gasteiger partial charge in [0.05, 0.1) is 6.61 Å². The van der Waals surface area contributed by atoms with Gasteiger partial charge in [-0.25, -0.2) is 0 Å². The fourth-order valence-electron chi connectivity index (χ4n) is 2.71. The number of piperazine rings is 1. The Balaban J connectivity index is 1.79. The van der Waals surface area contributed by atoms with Gasteiger partial charge in [-0.05, 0) is 6.26 Å². The second kappa shape index (κ2) is 6.21. The fourth-order valence-corrected chi connectivity index (χ4v) is 3.57. The topological polar surface area (TPSA) is 38.7 Å². The molecule has 0 aliphatic carbocycles. The van der Waals surface area contributed by atoms with Crippen LogP contribution in [0.1, 0.15) is 0 Å². The minimum atomic E-state index is 0.290. The SMILES string of the molecule is CSC1CNCC1N1CCN(CCO)CC1. The summed E-state index contributed by atoms with van der Waals surface area (Å²) in [6.45, 7) is 7.96. The first kappa shape index (κ1) is 12.6. The van der Waals surface area contributed by atoms with Crippen molar-refractivity contribution in [3.63, 3.8) is 0 Å². The first-order chi connectivity index (χ1) is 7.85. The summed E-state index contributed by atoms with van der Waals surface area (Å²) < 4.78 is 0. The summed E-state index contributed by atoms with van der Waals surface area (Å²) in [5.74, 6) is 0. The normalized spacial score (nSPS) is 33.4. The average molecular weight is 245 g/mol. The van der Waals surface area contributed by atoms with Gasteiger partial charge in [0.15, 0.2) is 0 Å². The van der Waals surface area contributed by atoms with Crippen molar-refractivity contribution in [2.75, 3.05) is 58.7 Å². The van der Waals surface area contributed by atoms with E-state index in [0.717, 1.165) is 51.1 Å². The van der Waals surface area contributed by atoms with Crippen molar-refractivity contribution in [1.29, 1.82) is 0 Å². The second-order valence-electron chi connectivity index (χ2n) is 4.60. The summed E-state index contributed by atoms with van der Waals surface area (Å²) in [6, 6.07) is 0.714. The number of nitrogens with one attached hydrogen (secondary N) is 1. The molecule has 0 aromatic carbocycles. The maximum absolute atomic E-state index is 8.91. The van der Waals surface area contributed by atoms with E-state index in [-0.39, 0.29) is 0 Å². The molecule has 0 amide bonds. The summed E-state index contributed by atoms with van der Waals surface area (Å²) in [5.41, 5.74) is 0. The lowest BCUT2D eigenvalue weighted by atomic mass is 10.2. The molecule has 2 fully saturated rings. The zero-order valence-corrected chi connectivity index (χ0v) is 10.9. The van der Waals surface area contributed by atoms with Crippen molar-refractivity contribution < 1.29 is 5.11 Å². The third-order valence-electron chi connectivity index (χ3n) is 3.72. The molecule has 2 rings (SSSR count). The standard InChI is InChI=1S/C11H23N3OS/c1-16-11-9-12-8-10(11)14-4-2-13(3-5-14)6-7-15/h10-12,15H,2-9H2,1H3. The summed E-state index contributed by atoms with van der Waals surface area (Å²) in [5, 5.41) is 13.2. The first-order valence-corrected chi connectivity index (χ1v) is 7.44. The minimum absolute atomic E-state index is 0.290. The molecule has 0 saturated carbocycles.